The van der Waals surface area contributed by atoms with E-state index in [1.54, 1.807) is 20.1 Å². The van der Waals surface area contributed by atoms with Gasteiger partial charge < -0.3 is 19.7 Å². The summed E-state index contributed by atoms with van der Waals surface area (Å²) in [7, 11) is 1.58. The first-order chi connectivity index (χ1) is 13.5. The van der Waals surface area contributed by atoms with Crippen LogP contribution in [0.3, 0.4) is 0 Å². The lowest BCUT2D eigenvalue weighted by Crippen LogP contribution is -3.11. The van der Waals surface area contributed by atoms with E-state index in [2.05, 4.69) is 5.32 Å². The number of ether oxygens (including phenoxy) is 2. The van der Waals surface area contributed by atoms with Crippen molar-refractivity contribution in [1.82, 2.24) is 0 Å². The Balaban J connectivity index is 2.12. The Labute approximate surface area is 166 Å². The molecule has 2 aromatic rings. The number of likely N-dealkylation sites (N-methyl/N-ethyl adjacent to an activating group) is 1. The number of anilines is 1. The second kappa shape index (κ2) is 10.5. The highest BCUT2D eigenvalue weighted by Gasteiger charge is 2.18. The third kappa shape index (κ3) is 5.82. The van der Waals surface area contributed by atoms with Crippen molar-refractivity contribution < 1.29 is 24.0 Å². The van der Waals surface area contributed by atoms with E-state index in [4.69, 9.17) is 9.47 Å². The van der Waals surface area contributed by atoms with Gasteiger partial charge in [0, 0.05) is 11.1 Å². The number of para-hydroxylation sites is 2. The summed E-state index contributed by atoms with van der Waals surface area (Å²) in [5.74, 6) is 1.29. The maximum absolute atomic E-state index is 12.6. The smallest absolute Gasteiger partial charge is 0.279 e. The summed E-state index contributed by atoms with van der Waals surface area (Å²) in [5.41, 5.74) is 2.22. The molecular formula is C22H29N2O4+. The number of Topliss-reactive ketones (excluding diaryl/α,β-unsaturated/α-hetero) is 1. The van der Waals surface area contributed by atoms with E-state index in [9.17, 15) is 9.59 Å². The highest BCUT2D eigenvalue weighted by atomic mass is 16.5. The molecular weight excluding hydrogens is 356 g/mol. The van der Waals surface area contributed by atoms with E-state index in [-0.39, 0.29) is 11.7 Å². The maximum Gasteiger partial charge on any atom is 0.279 e. The average Bonchev–Trinajstić information content (AvgIpc) is 2.69. The Bertz CT molecular complexity index is 820. The minimum atomic E-state index is -0.0953. The molecule has 0 aliphatic carbocycles. The predicted octanol–water partition coefficient (Wildman–Crippen LogP) is 2.34. The molecule has 2 rings (SSSR count). The van der Waals surface area contributed by atoms with Crippen molar-refractivity contribution in [3.8, 4) is 11.5 Å². The van der Waals surface area contributed by atoms with Gasteiger partial charge in [0.05, 0.1) is 25.9 Å². The molecule has 150 valence electrons. The van der Waals surface area contributed by atoms with E-state index < -0.39 is 0 Å². The van der Waals surface area contributed by atoms with Crippen LogP contribution in [0.25, 0.3) is 0 Å². The van der Waals surface area contributed by atoms with Crippen LogP contribution in [0.15, 0.2) is 42.5 Å². The van der Waals surface area contributed by atoms with Gasteiger partial charge >= 0.3 is 0 Å². The van der Waals surface area contributed by atoms with Crippen LogP contribution in [0.5, 0.6) is 11.5 Å². The molecule has 0 spiro atoms. The third-order valence-corrected chi connectivity index (χ3v) is 4.50. The van der Waals surface area contributed by atoms with Gasteiger partial charge in [0.25, 0.3) is 5.91 Å². The Morgan fingerprint density at radius 1 is 1.07 bits per heavy atom. The van der Waals surface area contributed by atoms with Gasteiger partial charge in [0.2, 0.25) is 0 Å². The fourth-order valence-electron chi connectivity index (χ4n) is 2.98. The SMILES string of the molecule is CCOc1ccc(C(C)=O)cc1C[NH+](CC)CC(=O)Nc1ccccc1OC. The fraction of sp³-hybridized carbons (Fsp3) is 0.364. The molecule has 1 unspecified atom stereocenters. The van der Waals surface area contributed by atoms with Crippen molar-refractivity contribution in [3.05, 3.63) is 53.6 Å². The Kier molecular flexibility index (Phi) is 8.02. The maximum atomic E-state index is 12.6. The minimum absolute atomic E-state index is 0.0104. The number of methoxy groups -OCH3 is 1. The Hall–Kier alpha value is -2.86. The summed E-state index contributed by atoms with van der Waals surface area (Å²) in [6.45, 7) is 7.69. The van der Waals surface area contributed by atoms with Crippen molar-refractivity contribution >= 4 is 17.4 Å². The molecule has 0 heterocycles. The molecule has 0 saturated heterocycles. The van der Waals surface area contributed by atoms with Gasteiger partial charge in [-0.3, -0.25) is 9.59 Å². The second-order valence-corrected chi connectivity index (χ2v) is 6.52. The number of quaternary nitrogens is 1. The fourth-order valence-corrected chi connectivity index (χ4v) is 2.98. The first kappa shape index (κ1) is 21.4. The van der Waals surface area contributed by atoms with Crippen LogP contribution in [0.2, 0.25) is 0 Å². The Morgan fingerprint density at radius 2 is 1.82 bits per heavy atom. The highest BCUT2D eigenvalue weighted by molar-refractivity contribution is 5.94. The van der Waals surface area contributed by atoms with Gasteiger partial charge in [0.1, 0.15) is 18.0 Å². The number of carbonyl (C=O) groups is 2. The zero-order valence-electron chi connectivity index (χ0n) is 17.0. The van der Waals surface area contributed by atoms with E-state index >= 15 is 0 Å². The molecule has 6 nitrogen and oxygen atoms in total. The van der Waals surface area contributed by atoms with Gasteiger partial charge in [-0.1, -0.05) is 12.1 Å². The average molecular weight is 385 g/mol. The molecule has 1 amide bonds. The zero-order valence-corrected chi connectivity index (χ0v) is 17.0. The standard InChI is InChI=1S/C22H28N2O4/c1-5-24(15-22(26)23-19-9-7-8-10-21(19)27-4)14-18-13-17(16(3)25)11-12-20(18)28-6-2/h7-13H,5-6,14-15H2,1-4H3,(H,23,26)/p+1. The van der Waals surface area contributed by atoms with Gasteiger partial charge in [-0.05, 0) is 51.1 Å². The van der Waals surface area contributed by atoms with Crippen LogP contribution in [0.4, 0.5) is 5.69 Å². The lowest BCUT2D eigenvalue weighted by Gasteiger charge is -2.20. The largest absolute Gasteiger partial charge is 0.495 e. The number of hydrogen-bond donors (Lipinski definition) is 2. The number of hydrogen-bond acceptors (Lipinski definition) is 4. The summed E-state index contributed by atoms with van der Waals surface area (Å²) in [6.07, 6.45) is 0. The van der Waals surface area contributed by atoms with E-state index in [0.717, 1.165) is 22.8 Å². The first-order valence-electron chi connectivity index (χ1n) is 9.51. The number of rotatable bonds is 10. The van der Waals surface area contributed by atoms with Crippen LogP contribution in [0.1, 0.15) is 36.7 Å². The number of nitrogens with one attached hydrogen (secondary N) is 2. The normalized spacial score (nSPS) is 11.6. The van der Waals surface area contributed by atoms with Gasteiger partial charge in [-0.15, -0.1) is 0 Å². The lowest BCUT2D eigenvalue weighted by atomic mass is 10.1. The Morgan fingerprint density at radius 3 is 2.46 bits per heavy atom. The minimum Gasteiger partial charge on any atom is -0.495 e. The van der Waals surface area contributed by atoms with Crippen LogP contribution < -0.4 is 19.7 Å². The monoisotopic (exact) mass is 385 g/mol. The summed E-state index contributed by atoms with van der Waals surface area (Å²) < 4.78 is 11.0. The third-order valence-electron chi connectivity index (χ3n) is 4.50. The predicted molar refractivity (Wildman–Crippen MR) is 109 cm³/mol. The number of ketones is 1. The zero-order chi connectivity index (χ0) is 20.5. The number of amides is 1. The topological polar surface area (TPSA) is 69.1 Å². The molecule has 0 radical (unpaired) electrons. The van der Waals surface area contributed by atoms with E-state index in [0.29, 0.717) is 36.7 Å². The quantitative estimate of drug-likeness (QED) is 0.616. The van der Waals surface area contributed by atoms with Crippen LogP contribution >= 0.6 is 0 Å². The summed E-state index contributed by atoms with van der Waals surface area (Å²) in [5, 5.41) is 2.91. The molecule has 0 aliphatic rings. The number of benzene rings is 2. The molecule has 1 atom stereocenters. The second-order valence-electron chi connectivity index (χ2n) is 6.52. The van der Waals surface area contributed by atoms with Crippen LogP contribution in [0, 0.1) is 0 Å². The molecule has 2 N–H and O–H groups in total. The van der Waals surface area contributed by atoms with Crippen LogP contribution in [-0.2, 0) is 11.3 Å². The highest BCUT2D eigenvalue weighted by Crippen LogP contribution is 2.23. The summed E-state index contributed by atoms with van der Waals surface area (Å²) >= 11 is 0. The molecule has 6 heteroatoms. The van der Waals surface area contributed by atoms with Crippen molar-refractivity contribution in [3.63, 3.8) is 0 Å². The lowest BCUT2D eigenvalue weighted by molar-refractivity contribution is -0.903. The van der Waals surface area contributed by atoms with E-state index in [1.165, 1.54) is 0 Å². The number of carbonyl (C=O) groups excluding carboxylic acids is 2. The van der Waals surface area contributed by atoms with Gasteiger partial charge in [-0.2, -0.15) is 0 Å². The molecule has 28 heavy (non-hydrogen) atoms. The first-order valence-corrected chi connectivity index (χ1v) is 9.51. The molecule has 0 fully saturated rings. The summed E-state index contributed by atoms with van der Waals surface area (Å²) in [4.78, 5) is 25.4. The van der Waals surface area contributed by atoms with Gasteiger partial charge in [-0.25, -0.2) is 0 Å². The van der Waals surface area contributed by atoms with Crippen molar-refractivity contribution in [1.29, 1.82) is 0 Å². The molecule has 0 saturated carbocycles. The summed E-state index contributed by atoms with van der Waals surface area (Å²) in [6, 6.07) is 12.8. The molecule has 2 aromatic carbocycles. The van der Waals surface area contributed by atoms with E-state index in [1.807, 2.05) is 50.2 Å². The molecule has 0 bridgehead atoms. The van der Waals surface area contributed by atoms with Crippen molar-refractivity contribution in [2.45, 2.75) is 27.3 Å². The van der Waals surface area contributed by atoms with Crippen molar-refractivity contribution in [2.24, 2.45) is 0 Å². The van der Waals surface area contributed by atoms with Crippen LogP contribution in [-0.4, -0.2) is 38.5 Å². The van der Waals surface area contributed by atoms with Crippen molar-refractivity contribution in [2.75, 3.05) is 32.1 Å². The molecule has 0 aromatic heterocycles. The molecule has 0 aliphatic heterocycles. The van der Waals surface area contributed by atoms with Gasteiger partial charge in [0.15, 0.2) is 12.3 Å².